The van der Waals surface area contributed by atoms with Gasteiger partial charge in [-0.1, -0.05) is 27.7 Å². The van der Waals surface area contributed by atoms with Gasteiger partial charge < -0.3 is 9.47 Å². The molecule has 0 saturated heterocycles. The lowest BCUT2D eigenvalue weighted by molar-refractivity contribution is -0.144. The molecule has 14 heteroatoms. The molecular weight excluding hydrogens is 673 g/mol. The Hall–Kier alpha value is -2.58. The van der Waals surface area contributed by atoms with E-state index in [1.165, 1.54) is 0 Å². The summed E-state index contributed by atoms with van der Waals surface area (Å²) in [5.74, 6) is 1.05. The first-order chi connectivity index (χ1) is 22.8. The second-order valence-electron chi connectivity index (χ2n) is 16.4. The number of nitriles is 2. The zero-order valence-corrected chi connectivity index (χ0v) is 34.9. The highest BCUT2D eigenvalue weighted by molar-refractivity contribution is 8.00. The molecule has 0 bridgehead atoms. The number of nitrogens with zero attached hydrogens (tertiary/aromatic N) is 8. The predicted octanol–water partition coefficient (Wildman–Crippen LogP) is 10.1. The molecule has 0 N–H and O–H groups in total. The highest BCUT2D eigenvalue weighted by Gasteiger charge is 2.31. The highest BCUT2D eigenvalue weighted by atomic mass is 32.2. The molecule has 0 aromatic rings. The lowest BCUT2D eigenvalue weighted by atomic mass is 9.97. The smallest absolute Gasteiger partial charge is 0.305 e. The van der Waals surface area contributed by atoms with Crippen LogP contribution in [0, 0.1) is 34.5 Å². The second kappa shape index (κ2) is 21.1. The minimum atomic E-state index is -1.35. The Morgan fingerprint density at radius 1 is 0.580 bits per heavy atom. The number of carbonyl (C=O) groups excluding carboxylic acids is 2. The van der Waals surface area contributed by atoms with E-state index in [0.29, 0.717) is 23.3 Å². The molecule has 4 atom stereocenters. The maximum atomic E-state index is 12.5. The number of rotatable bonds is 22. The Morgan fingerprint density at radius 3 is 1.16 bits per heavy atom. The molecule has 50 heavy (non-hydrogen) atoms. The van der Waals surface area contributed by atoms with Crippen LogP contribution in [0.25, 0.3) is 0 Å². The van der Waals surface area contributed by atoms with Crippen LogP contribution >= 0.6 is 23.5 Å². The first-order valence-electron chi connectivity index (χ1n) is 17.5. The summed E-state index contributed by atoms with van der Waals surface area (Å²) in [6.07, 6.45) is 1.72. The first-order valence-corrected chi connectivity index (χ1v) is 19.5. The summed E-state index contributed by atoms with van der Waals surface area (Å²) in [7, 11) is 0. The lowest BCUT2D eigenvalue weighted by Gasteiger charge is -2.26. The number of azo groups is 3. The van der Waals surface area contributed by atoms with Crippen LogP contribution in [0.3, 0.4) is 0 Å². The molecule has 0 aliphatic heterocycles. The summed E-state index contributed by atoms with van der Waals surface area (Å²) in [4.78, 5) is 24.2. The van der Waals surface area contributed by atoms with Crippen LogP contribution in [-0.2, 0) is 19.1 Å². The zero-order chi connectivity index (χ0) is 38.9. The van der Waals surface area contributed by atoms with Crippen LogP contribution in [0.2, 0.25) is 0 Å². The van der Waals surface area contributed by atoms with E-state index < -0.39 is 32.8 Å². The van der Waals surface area contributed by atoms with Gasteiger partial charge in [-0.2, -0.15) is 41.2 Å². The fourth-order valence-corrected chi connectivity index (χ4v) is 6.74. The summed E-state index contributed by atoms with van der Waals surface area (Å²) in [5.41, 5.74) is -3.25. The van der Waals surface area contributed by atoms with E-state index in [2.05, 4.69) is 70.5 Å². The number of carbonyl (C=O) groups is 2. The number of ether oxygens (including phenoxy) is 2. The first kappa shape index (κ1) is 47.4. The molecule has 0 aromatic carbocycles. The largest absolute Gasteiger partial charge is 0.465 e. The molecule has 0 rings (SSSR count). The van der Waals surface area contributed by atoms with E-state index >= 15 is 0 Å². The Kier molecular flexibility index (Phi) is 20.0. The molecule has 0 aliphatic carbocycles. The molecule has 12 nitrogen and oxygen atoms in total. The summed E-state index contributed by atoms with van der Waals surface area (Å²) in [6.45, 7) is 28.1. The molecule has 0 heterocycles. The minimum Gasteiger partial charge on any atom is -0.465 e. The van der Waals surface area contributed by atoms with Gasteiger partial charge in [0.15, 0.2) is 11.1 Å². The average molecular weight is 737 g/mol. The van der Waals surface area contributed by atoms with Gasteiger partial charge in [0.25, 0.3) is 0 Å². The van der Waals surface area contributed by atoms with E-state index in [-0.39, 0.29) is 50.0 Å². The molecule has 0 aromatic heterocycles. The third-order valence-electron chi connectivity index (χ3n) is 6.82. The summed E-state index contributed by atoms with van der Waals surface area (Å²) in [6, 6.07) is 4.18. The molecule has 0 saturated carbocycles. The van der Waals surface area contributed by atoms with Gasteiger partial charge in [0.05, 0.1) is 23.2 Å². The van der Waals surface area contributed by atoms with Gasteiger partial charge in [0.1, 0.15) is 23.0 Å². The van der Waals surface area contributed by atoms with Gasteiger partial charge >= 0.3 is 11.9 Å². The quantitative estimate of drug-likeness (QED) is 0.0599. The average Bonchev–Trinajstić information content (AvgIpc) is 2.99. The van der Waals surface area contributed by atoms with Crippen LogP contribution in [-0.4, -0.2) is 68.6 Å². The van der Waals surface area contributed by atoms with Crippen molar-refractivity contribution in [2.24, 2.45) is 42.5 Å². The third-order valence-corrected chi connectivity index (χ3v) is 9.30. The molecule has 0 radical (unpaired) electrons. The standard InChI is InChI=1S/C36H64N8O4S2/c1-27(2)23-35(13,43-39-31(5,6)7)49-21-19-47-29(45)15-17-33(11,25-37)41-42-34(12,26-38)18-16-30(46)48-20-22-50-36(14,24-28(3)4)44-40-32(8,9)10/h27-28H,15-24H2,1-14H3/b42-41+,43-39+,44-40+. The van der Waals surface area contributed by atoms with Crippen molar-refractivity contribution in [1.82, 2.24) is 0 Å². The molecule has 0 spiro atoms. The van der Waals surface area contributed by atoms with Crippen molar-refractivity contribution in [3.8, 4) is 12.1 Å². The number of esters is 2. The Bertz CT molecular complexity index is 1150. The molecule has 0 amide bonds. The third kappa shape index (κ3) is 23.0. The van der Waals surface area contributed by atoms with Crippen LogP contribution < -0.4 is 0 Å². The molecule has 0 aliphatic rings. The number of hydrogen-bond acceptors (Lipinski definition) is 14. The van der Waals surface area contributed by atoms with Crippen molar-refractivity contribution >= 4 is 35.5 Å². The van der Waals surface area contributed by atoms with Crippen molar-refractivity contribution in [1.29, 1.82) is 10.5 Å². The molecular formula is C36H64N8O4S2. The maximum Gasteiger partial charge on any atom is 0.305 e. The van der Waals surface area contributed by atoms with Crippen molar-refractivity contribution < 1.29 is 19.1 Å². The van der Waals surface area contributed by atoms with E-state index in [1.807, 2.05) is 55.4 Å². The van der Waals surface area contributed by atoms with Crippen molar-refractivity contribution in [3.63, 3.8) is 0 Å². The van der Waals surface area contributed by atoms with Crippen LogP contribution in [0.1, 0.15) is 135 Å². The summed E-state index contributed by atoms with van der Waals surface area (Å²) < 4.78 is 10.9. The topological polar surface area (TPSA) is 174 Å². The van der Waals surface area contributed by atoms with Crippen molar-refractivity contribution in [3.05, 3.63) is 0 Å². The maximum absolute atomic E-state index is 12.5. The van der Waals surface area contributed by atoms with E-state index in [4.69, 9.17) is 9.47 Å². The van der Waals surface area contributed by atoms with E-state index in [0.717, 1.165) is 12.8 Å². The molecule has 4 unspecified atom stereocenters. The van der Waals surface area contributed by atoms with Gasteiger partial charge in [-0.25, -0.2) is 0 Å². The van der Waals surface area contributed by atoms with Crippen molar-refractivity contribution in [2.75, 3.05) is 24.7 Å². The SMILES string of the molecule is CC(C)CC(C)(/N=N/C(C)(C)C)SCCOC(=O)CCC(C)(C#N)/N=N/C(C)(C#N)CCC(=O)OCCSC(C)(CC(C)C)/N=N/C(C)(C)C. The van der Waals surface area contributed by atoms with Crippen LogP contribution in [0.5, 0.6) is 0 Å². The Balaban J connectivity index is 4.97. The Labute approximate surface area is 310 Å². The Morgan fingerprint density at radius 2 is 0.900 bits per heavy atom. The lowest BCUT2D eigenvalue weighted by Crippen LogP contribution is -2.26. The normalized spacial score (nSPS) is 17.6. The predicted molar refractivity (Wildman–Crippen MR) is 203 cm³/mol. The number of hydrogen-bond donors (Lipinski definition) is 0. The zero-order valence-electron chi connectivity index (χ0n) is 33.3. The van der Waals surface area contributed by atoms with Gasteiger partial charge in [0.2, 0.25) is 0 Å². The van der Waals surface area contributed by atoms with Gasteiger partial charge in [-0.15, -0.1) is 23.5 Å². The fraction of sp³-hybridized carbons (Fsp3) is 0.889. The van der Waals surface area contributed by atoms with E-state index in [9.17, 15) is 20.1 Å². The van der Waals surface area contributed by atoms with Crippen molar-refractivity contribution in [2.45, 2.75) is 167 Å². The second-order valence-corrected chi connectivity index (χ2v) is 19.5. The molecule has 0 fully saturated rings. The van der Waals surface area contributed by atoms with Crippen LogP contribution in [0.15, 0.2) is 30.7 Å². The minimum absolute atomic E-state index is 0.0395. The summed E-state index contributed by atoms with van der Waals surface area (Å²) >= 11 is 3.20. The van der Waals surface area contributed by atoms with Gasteiger partial charge in [0, 0.05) is 24.3 Å². The molecule has 284 valence electrons. The fourth-order valence-electron chi connectivity index (χ4n) is 4.43. The number of thioether (sulfide) groups is 2. The highest BCUT2D eigenvalue weighted by Crippen LogP contribution is 2.36. The van der Waals surface area contributed by atoms with E-state index in [1.54, 1.807) is 37.4 Å². The van der Waals surface area contributed by atoms with Gasteiger partial charge in [-0.3, -0.25) is 9.59 Å². The summed E-state index contributed by atoms with van der Waals surface area (Å²) in [5, 5.41) is 46.1. The monoisotopic (exact) mass is 736 g/mol. The van der Waals surface area contributed by atoms with Gasteiger partial charge in [-0.05, 0) is 107 Å². The van der Waals surface area contributed by atoms with Crippen LogP contribution in [0.4, 0.5) is 0 Å².